The molecule has 0 aromatic carbocycles. The van der Waals surface area contributed by atoms with Crippen LogP contribution in [0.2, 0.25) is 0 Å². The van der Waals surface area contributed by atoms with E-state index in [4.69, 9.17) is 10.8 Å². The first kappa shape index (κ1) is 13.4. The van der Waals surface area contributed by atoms with Crippen LogP contribution in [0, 0.1) is 0 Å². The van der Waals surface area contributed by atoms with E-state index < -0.39 is 36.5 Å². The van der Waals surface area contributed by atoms with Gasteiger partial charge in [-0.15, -0.1) is 0 Å². The second kappa shape index (κ2) is 5.30. The molecule has 0 aliphatic heterocycles. The number of aliphatic carboxylic acids is 1. The van der Waals surface area contributed by atoms with Gasteiger partial charge < -0.3 is 20.9 Å². The van der Waals surface area contributed by atoms with E-state index in [1.54, 1.807) is 0 Å². The van der Waals surface area contributed by atoms with Crippen LogP contribution in [0.1, 0.15) is 13.8 Å². The molecule has 0 unspecified atom stereocenters. The Labute approximate surface area is 86.6 Å². The highest BCUT2D eigenvalue weighted by molar-refractivity contribution is 5.90. The molecular weight excluding hydrogens is 204 g/mol. The van der Waals surface area contributed by atoms with E-state index in [0.29, 0.717) is 0 Å². The number of carbonyl (C=O) groups excluding carboxylic acids is 2. The van der Waals surface area contributed by atoms with Crippen LogP contribution in [0.25, 0.3) is 0 Å². The number of hydrogen-bond acceptors (Lipinski definition) is 4. The zero-order valence-electron chi connectivity index (χ0n) is 8.57. The van der Waals surface area contributed by atoms with E-state index in [2.05, 4.69) is 10.1 Å². The zero-order valence-corrected chi connectivity index (χ0v) is 8.57. The van der Waals surface area contributed by atoms with Crippen LogP contribution >= 0.6 is 0 Å². The van der Waals surface area contributed by atoms with Gasteiger partial charge >= 0.3 is 5.97 Å². The predicted molar refractivity (Wildman–Crippen MR) is 49.9 cm³/mol. The molecule has 0 aliphatic rings. The van der Waals surface area contributed by atoms with E-state index in [1.807, 2.05) is 0 Å². The first-order valence-corrected chi connectivity index (χ1v) is 4.16. The van der Waals surface area contributed by atoms with Crippen molar-refractivity contribution in [1.82, 2.24) is 5.32 Å². The molecule has 0 radical (unpaired) electrons. The van der Waals surface area contributed by atoms with Crippen LogP contribution in [0.4, 0.5) is 0 Å². The molecule has 0 heterocycles. The SMILES string of the molecule is CC(C)(NC(=O)COCC(=O)O)C(N)=O. The zero-order chi connectivity index (χ0) is 12.1. The molecule has 0 saturated heterocycles. The van der Waals surface area contributed by atoms with Gasteiger partial charge in [0.05, 0.1) is 0 Å². The molecule has 7 nitrogen and oxygen atoms in total. The molecule has 2 amide bonds. The summed E-state index contributed by atoms with van der Waals surface area (Å²) in [6, 6.07) is 0. The van der Waals surface area contributed by atoms with Gasteiger partial charge in [0.15, 0.2) is 0 Å². The molecule has 0 saturated carbocycles. The third kappa shape index (κ3) is 5.63. The standard InChI is InChI=1S/C8H14N2O5/c1-8(2,7(9)14)10-5(11)3-15-4-6(12)13/h3-4H2,1-2H3,(H2,9,14)(H,10,11)(H,12,13). The summed E-state index contributed by atoms with van der Waals surface area (Å²) >= 11 is 0. The third-order valence-corrected chi connectivity index (χ3v) is 1.53. The number of amides is 2. The Morgan fingerprint density at radius 2 is 1.87 bits per heavy atom. The summed E-state index contributed by atoms with van der Waals surface area (Å²) in [7, 11) is 0. The molecule has 0 fully saturated rings. The molecule has 0 bridgehead atoms. The van der Waals surface area contributed by atoms with Gasteiger partial charge in [0.25, 0.3) is 0 Å². The number of nitrogens with two attached hydrogens (primary N) is 1. The molecule has 15 heavy (non-hydrogen) atoms. The second-order valence-corrected chi connectivity index (χ2v) is 3.42. The Morgan fingerprint density at radius 3 is 2.27 bits per heavy atom. The average Bonchev–Trinajstić information content (AvgIpc) is 2.01. The van der Waals surface area contributed by atoms with Crippen LogP contribution in [0.15, 0.2) is 0 Å². The van der Waals surface area contributed by atoms with Gasteiger partial charge in [-0.05, 0) is 13.8 Å². The lowest BCUT2D eigenvalue weighted by atomic mass is 10.1. The number of primary amides is 1. The maximum Gasteiger partial charge on any atom is 0.329 e. The van der Waals surface area contributed by atoms with Crippen molar-refractivity contribution >= 4 is 17.8 Å². The lowest BCUT2D eigenvalue weighted by Crippen LogP contribution is -2.53. The van der Waals surface area contributed by atoms with E-state index in [-0.39, 0.29) is 0 Å². The van der Waals surface area contributed by atoms with Gasteiger partial charge in [-0.25, -0.2) is 4.79 Å². The fraction of sp³-hybridized carbons (Fsp3) is 0.625. The number of hydrogen-bond donors (Lipinski definition) is 3. The minimum absolute atomic E-state index is 0.428. The average molecular weight is 218 g/mol. The number of nitrogens with one attached hydrogen (secondary N) is 1. The number of rotatable bonds is 6. The summed E-state index contributed by atoms with van der Waals surface area (Å²) in [5.74, 6) is -2.45. The quantitative estimate of drug-likeness (QED) is 0.499. The van der Waals surface area contributed by atoms with Gasteiger partial charge in [-0.2, -0.15) is 0 Å². The summed E-state index contributed by atoms with van der Waals surface area (Å²) < 4.78 is 4.52. The Hall–Kier alpha value is -1.63. The fourth-order valence-corrected chi connectivity index (χ4v) is 0.677. The third-order valence-electron chi connectivity index (χ3n) is 1.53. The molecule has 0 aliphatic carbocycles. The molecule has 0 atom stereocenters. The molecule has 0 aromatic rings. The maximum atomic E-state index is 11.1. The van der Waals surface area contributed by atoms with Crippen molar-refractivity contribution in [3.63, 3.8) is 0 Å². The van der Waals surface area contributed by atoms with Crippen LogP contribution in [0.3, 0.4) is 0 Å². The predicted octanol–water partition coefficient (Wildman–Crippen LogP) is -1.53. The number of carboxylic acids is 1. The Bertz CT molecular complexity index is 274. The summed E-state index contributed by atoms with van der Waals surface area (Å²) in [5.41, 5.74) is 3.83. The van der Waals surface area contributed by atoms with Crippen molar-refractivity contribution < 1.29 is 24.2 Å². The largest absolute Gasteiger partial charge is 0.480 e. The van der Waals surface area contributed by atoms with Crippen LogP contribution in [0.5, 0.6) is 0 Å². The van der Waals surface area contributed by atoms with Crippen molar-refractivity contribution in [2.24, 2.45) is 5.73 Å². The molecule has 0 rings (SSSR count). The number of carboxylic acid groups (broad SMARTS) is 1. The van der Waals surface area contributed by atoms with E-state index >= 15 is 0 Å². The monoisotopic (exact) mass is 218 g/mol. The van der Waals surface area contributed by atoms with Crippen LogP contribution in [-0.4, -0.2) is 41.6 Å². The number of carbonyl (C=O) groups is 3. The topological polar surface area (TPSA) is 119 Å². The highest BCUT2D eigenvalue weighted by atomic mass is 16.5. The van der Waals surface area contributed by atoms with Crippen LogP contribution in [-0.2, 0) is 19.1 Å². The summed E-state index contributed by atoms with van der Waals surface area (Å²) in [4.78, 5) is 32.0. The first-order valence-electron chi connectivity index (χ1n) is 4.16. The smallest absolute Gasteiger partial charge is 0.329 e. The van der Waals surface area contributed by atoms with E-state index in [1.165, 1.54) is 13.8 Å². The number of ether oxygens (including phenoxy) is 1. The minimum Gasteiger partial charge on any atom is -0.480 e. The maximum absolute atomic E-state index is 11.1. The molecule has 7 heteroatoms. The summed E-state index contributed by atoms with van der Waals surface area (Å²) in [5, 5.41) is 10.5. The van der Waals surface area contributed by atoms with Gasteiger partial charge in [0.2, 0.25) is 11.8 Å². The van der Waals surface area contributed by atoms with Crippen molar-refractivity contribution in [2.75, 3.05) is 13.2 Å². The Kier molecular flexibility index (Phi) is 4.72. The van der Waals surface area contributed by atoms with Crippen LogP contribution < -0.4 is 11.1 Å². The second-order valence-electron chi connectivity index (χ2n) is 3.42. The van der Waals surface area contributed by atoms with Crippen molar-refractivity contribution in [3.05, 3.63) is 0 Å². The highest BCUT2D eigenvalue weighted by Gasteiger charge is 2.26. The van der Waals surface area contributed by atoms with Gasteiger partial charge in [-0.1, -0.05) is 0 Å². The van der Waals surface area contributed by atoms with Crippen molar-refractivity contribution in [2.45, 2.75) is 19.4 Å². The van der Waals surface area contributed by atoms with Gasteiger partial charge in [0, 0.05) is 0 Å². The van der Waals surface area contributed by atoms with E-state index in [0.717, 1.165) is 0 Å². The highest BCUT2D eigenvalue weighted by Crippen LogP contribution is 1.99. The normalized spacial score (nSPS) is 10.8. The fourth-order valence-electron chi connectivity index (χ4n) is 0.677. The van der Waals surface area contributed by atoms with Crippen molar-refractivity contribution in [1.29, 1.82) is 0 Å². The lowest BCUT2D eigenvalue weighted by molar-refractivity contribution is -0.144. The molecule has 0 aromatic heterocycles. The molecular formula is C8H14N2O5. The Balaban J connectivity index is 3.94. The minimum atomic E-state index is -1.18. The van der Waals surface area contributed by atoms with Crippen molar-refractivity contribution in [3.8, 4) is 0 Å². The van der Waals surface area contributed by atoms with Gasteiger partial charge in [-0.3, -0.25) is 9.59 Å². The summed E-state index contributed by atoms with van der Waals surface area (Å²) in [6.45, 7) is 1.88. The lowest BCUT2D eigenvalue weighted by Gasteiger charge is -2.21. The summed E-state index contributed by atoms with van der Waals surface area (Å²) in [6.07, 6.45) is 0. The molecule has 0 spiro atoms. The first-order chi connectivity index (χ1) is 6.75. The van der Waals surface area contributed by atoms with Gasteiger partial charge in [0.1, 0.15) is 18.8 Å². The Morgan fingerprint density at radius 1 is 1.33 bits per heavy atom. The molecule has 86 valence electrons. The molecule has 4 N–H and O–H groups in total. The van der Waals surface area contributed by atoms with E-state index in [9.17, 15) is 14.4 Å².